The van der Waals surface area contributed by atoms with E-state index in [-0.39, 0.29) is 5.56 Å². The van der Waals surface area contributed by atoms with Crippen LogP contribution in [-0.2, 0) is 7.05 Å². The maximum atomic E-state index is 11.4. The Morgan fingerprint density at radius 1 is 1.29 bits per heavy atom. The molecule has 2 rings (SSSR count). The third-order valence-corrected chi connectivity index (χ3v) is 2.56. The molecule has 2 heteroatoms. The van der Waals surface area contributed by atoms with Crippen molar-refractivity contribution in [2.75, 3.05) is 0 Å². The minimum atomic E-state index is 0.0429. The highest BCUT2D eigenvalue weighted by atomic mass is 16.1. The lowest BCUT2D eigenvalue weighted by Gasteiger charge is -1.97. The van der Waals surface area contributed by atoms with Crippen molar-refractivity contribution in [2.45, 2.75) is 13.3 Å². The SMILES string of the molecule is CC1=CC=c2c(ccc(=O)n2C)=CC1. The normalized spacial score (nSPS) is 14.6. The van der Waals surface area contributed by atoms with Gasteiger partial charge in [0.05, 0.1) is 5.35 Å². The minimum absolute atomic E-state index is 0.0429. The van der Waals surface area contributed by atoms with Gasteiger partial charge in [0, 0.05) is 13.1 Å². The number of hydrogen-bond acceptors (Lipinski definition) is 1. The predicted molar refractivity (Wildman–Crippen MR) is 58.2 cm³/mol. The third-order valence-electron chi connectivity index (χ3n) is 2.56. The zero-order chi connectivity index (χ0) is 10.1. The summed E-state index contributed by atoms with van der Waals surface area (Å²) in [4.78, 5) is 11.4. The van der Waals surface area contributed by atoms with E-state index in [9.17, 15) is 4.79 Å². The van der Waals surface area contributed by atoms with E-state index in [1.807, 2.05) is 12.1 Å². The van der Waals surface area contributed by atoms with Gasteiger partial charge in [0.15, 0.2) is 0 Å². The molecule has 1 aliphatic rings. The van der Waals surface area contributed by atoms with E-state index >= 15 is 0 Å². The number of hydrogen-bond donors (Lipinski definition) is 0. The molecule has 1 aromatic heterocycles. The molecule has 1 heterocycles. The molecule has 0 saturated heterocycles. The zero-order valence-corrected chi connectivity index (χ0v) is 8.45. The molecule has 0 aliphatic heterocycles. The van der Waals surface area contributed by atoms with Gasteiger partial charge in [-0.15, -0.1) is 0 Å². The topological polar surface area (TPSA) is 22.0 Å². The van der Waals surface area contributed by atoms with Crippen LogP contribution in [0.1, 0.15) is 13.3 Å². The van der Waals surface area contributed by atoms with Crippen LogP contribution in [0.4, 0.5) is 0 Å². The molecule has 0 radical (unpaired) electrons. The summed E-state index contributed by atoms with van der Waals surface area (Å²) in [6, 6.07) is 3.50. The Bertz CT molecular complexity index is 561. The van der Waals surface area contributed by atoms with Crippen LogP contribution in [-0.4, -0.2) is 4.57 Å². The highest BCUT2D eigenvalue weighted by molar-refractivity contribution is 5.45. The first-order chi connectivity index (χ1) is 6.68. The van der Waals surface area contributed by atoms with Gasteiger partial charge in [-0.05, 0) is 30.7 Å². The van der Waals surface area contributed by atoms with Crippen molar-refractivity contribution < 1.29 is 0 Å². The first-order valence-corrected chi connectivity index (χ1v) is 4.72. The maximum absolute atomic E-state index is 11.4. The van der Waals surface area contributed by atoms with Crippen LogP contribution >= 0.6 is 0 Å². The van der Waals surface area contributed by atoms with Crippen molar-refractivity contribution >= 4 is 12.2 Å². The summed E-state index contributed by atoms with van der Waals surface area (Å²) < 4.78 is 1.68. The van der Waals surface area contributed by atoms with E-state index in [2.05, 4.69) is 19.1 Å². The average molecular weight is 187 g/mol. The molecule has 1 aliphatic carbocycles. The Kier molecular flexibility index (Phi) is 2.12. The van der Waals surface area contributed by atoms with Crippen LogP contribution in [0.3, 0.4) is 0 Å². The van der Waals surface area contributed by atoms with Gasteiger partial charge < -0.3 is 4.57 Å². The summed E-state index contributed by atoms with van der Waals surface area (Å²) in [7, 11) is 1.81. The second-order valence-corrected chi connectivity index (χ2v) is 3.66. The summed E-state index contributed by atoms with van der Waals surface area (Å²) in [5.41, 5.74) is 1.36. The van der Waals surface area contributed by atoms with Crippen molar-refractivity contribution in [1.82, 2.24) is 4.57 Å². The van der Waals surface area contributed by atoms with Gasteiger partial charge in [-0.3, -0.25) is 4.79 Å². The number of allylic oxidation sites excluding steroid dienone is 2. The number of aromatic nitrogens is 1. The van der Waals surface area contributed by atoms with Crippen molar-refractivity contribution in [1.29, 1.82) is 0 Å². The molecule has 0 atom stereocenters. The molecule has 2 nitrogen and oxygen atoms in total. The second kappa shape index (κ2) is 3.29. The van der Waals surface area contributed by atoms with Gasteiger partial charge in [-0.25, -0.2) is 0 Å². The molecular formula is C12H13NO. The minimum Gasteiger partial charge on any atom is -0.311 e. The van der Waals surface area contributed by atoms with Gasteiger partial charge in [0.2, 0.25) is 0 Å². The first-order valence-electron chi connectivity index (χ1n) is 4.72. The molecule has 0 spiro atoms. The first kappa shape index (κ1) is 9.00. The summed E-state index contributed by atoms with van der Waals surface area (Å²) in [6.45, 7) is 2.09. The Morgan fingerprint density at radius 2 is 2.07 bits per heavy atom. The molecular weight excluding hydrogens is 174 g/mol. The van der Waals surface area contributed by atoms with Gasteiger partial charge in [0.1, 0.15) is 0 Å². The van der Waals surface area contributed by atoms with Gasteiger partial charge >= 0.3 is 0 Å². The average Bonchev–Trinajstić information content (AvgIpc) is 2.35. The van der Waals surface area contributed by atoms with Crippen LogP contribution in [0, 0.1) is 0 Å². The van der Waals surface area contributed by atoms with E-state index < -0.39 is 0 Å². The van der Waals surface area contributed by atoms with Gasteiger partial charge in [0.25, 0.3) is 5.56 Å². The lowest BCUT2D eigenvalue weighted by molar-refractivity contribution is 0.818. The fourth-order valence-electron chi connectivity index (χ4n) is 1.61. The Balaban J connectivity index is 2.89. The molecule has 0 saturated carbocycles. The van der Waals surface area contributed by atoms with E-state index in [0.29, 0.717) is 0 Å². The van der Waals surface area contributed by atoms with Crippen molar-refractivity contribution in [3.63, 3.8) is 0 Å². The van der Waals surface area contributed by atoms with Crippen LogP contribution in [0.25, 0.3) is 12.2 Å². The van der Waals surface area contributed by atoms with Crippen LogP contribution in [0.2, 0.25) is 0 Å². The maximum Gasteiger partial charge on any atom is 0.250 e. The summed E-state index contributed by atoms with van der Waals surface area (Å²) in [5.74, 6) is 0. The van der Waals surface area contributed by atoms with E-state index in [1.54, 1.807) is 17.7 Å². The molecule has 0 bridgehead atoms. The summed E-state index contributed by atoms with van der Waals surface area (Å²) in [5, 5.41) is 2.13. The monoisotopic (exact) mass is 187 g/mol. The third kappa shape index (κ3) is 1.43. The standard InChI is InChI=1S/C12H13NO/c1-9-3-5-10-6-8-12(14)13(2)11(10)7-4-9/h4-8H,3H2,1-2H3. The van der Waals surface area contributed by atoms with Crippen LogP contribution < -0.4 is 16.1 Å². The number of pyridine rings is 1. The molecule has 0 unspecified atom stereocenters. The Labute approximate surface area is 82.5 Å². The lowest BCUT2D eigenvalue weighted by Crippen LogP contribution is -2.40. The fraction of sp³-hybridized carbons (Fsp3) is 0.250. The molecule has 0 N–H and O–H groups in total. The molecule has 0 amide bonds. The highest BCUT2D eigenvalue weighted by Gasteiger charge is 1.96. The Hall–Kier alpha value is -1.57. The number of rotatable bonds is 0. The quantitative estimate of drug-likeness (QED) is 0.572. The molecule has 1 aromatic rings. The smallest absolute Gasteiger partial charge is 0.250 e. The molecule has 0 fully saturated rings. The van der Waals surface area contributed by atoms with Crippen molar-refractivity contribution in [3.05, 3.63) is 44.7 Å². The zero-order valence-electron chi connectivity index (χ0n) is 8.45. The molecule has 0 aromatic carbocycles. The van der Waals surface area contributed by atoms with Crippen molar-refractivity contribution in [3.8, 4) is 0 Å². The summed E-state index contributed by atoms with van der Waals surface area (Å²) in [6.07, 6.45) is 7.20. The van der Waals surface area contributed by atoms with E-state index in [4.69, 9.17) is 0 Å². The van der Waals surface area contributed by atoms with E-state index in [1.165, 1.54) is 5.57 Å². The van der Waals surface area contributed by atoms with Gasteiger partial charge in [-0.2, -0.15) is 0 Å². The highest BCUT2D eigenvalue weighted by Crippen LogP contribution is 2.01. The predicted octanol–water partition coefficient (Wildman–Crippen LogP) is 0.296. The van der Waals surface area contributed by atoms with E-state index in [0.717, 1.165) is 17.0 Å². The largest absolute Gasteiger partial charge is 0.311 e. The number of nitrogens with zero attached hydrogens (tertiary/aromatic N) is 1. The van der Waals surface area contributed by atoms with Crippen molar-refractivity contribution in [2.24, 2.45) is 7.05 Å². The van der Waals surface area contributed by atoms with Crippen LogP contribution in [0.15, 0.2) is 28.6 Å². The molecule has 14 heavy (non-hydrogen) atoms. The van der Waals surface area contributed by atoms with Crippen LogP contribution in [0.5, 0.6) is 0 Å². The second-order valence-electron chi connectivity index (χ2n) is 3.66. The van der Waals surface area contributed by atoms with Gasteiger partial charge in [-0.1, -0.05) is 17.7 Å². The molecule has 72 valence electrons. The number of fused-ring (bicyclic) bond motifs is 1. The Morgan fingerprint density at radius 3 is 2.86 bits per heavy atom. The summed E-state index contributed by atoms with van der Waals surface area (Å²) >= 11 is 0. The lowest BCUT2D eigenvalue weighted by atomic mass is 10.2. The fourth-order valence-corrected chi connectivity index (χ4v) is 1.61.